The Kier molecular flexibility index (Phi) is 2.10. The topological polar surface area (TPSA) is 20.3 Å². The number of carbonyl (C=O) groups excluding carboxylic acids is 1. The van der Waals surface area contributed by atoms with Gasteiger partial charge in [0, 0.05) is 18.0 Å². The van der Waals surface area contributed by atoms with E-state index in [0.717, 1.165) is 11.3 Å². The summed E-state index contributed by atoms with van der Waals surface area (Å²) in [5.41, 5.74) is 1.17. The second-order valence-corrected chi connectivity index (χ2v) is 3.83. The lowest BCUT2D eigenvalue weighted by molar-refractivity contribution is -0.104. The van der Waals surface area contributed by atoms with E-state index in [1.165, 1.54) is 10.6 Å². The predicted octanol–water partition coefficient (Wildman–Crippen LogP) is 2.27. The van der Waals surface area contributed by atoms with Crippen LogP contribution in [0.5, 0.6) is 0 Å². The molecule has 1 heterocycles. The van der Waals surface area contributed by atoms with E-state index in [0.29, 0.717) is 0 Å². The molecule has 0 radical (unpaired) electrons. The van der Waals surface area contributed by atoms with Crippen molar-refractivity contribution in [3.63, 3.8) is 0 Å². The van der Waals surface area contributed by atoms with E-state index in [-0.39, 0.29) is 0 Å². The Balaban J connectivity index is 2.43. The summed E-state index contributed by atoms with van der Waals surface area (Å²) in [6, 6.07) is 8.11. The monoisotopic (exact) mass is 191 g/mol. The molecular formula is C10H9NOS. The van der Waals surface area contributed by atoms with Crippen LogP contribution in [0.3, 0.4) is 0 Å². The number of nitrogens with zero attached hydrogens (tertiary/aromatic N) is 1. The Morgan fingerprint density at radius 1 is 1.38 bits per heavy atom. The summed E-state index contributed by atoms with van der Waals surface area (Å²) in [4.78, 5) is 13.6. The highest BCUT2D eigenvalue weighted by Gasteiger charge is 2.20. The van der Waals surface area contributed by atoms with Gasteiger partial charge in [-0.1, -0.05) is 23.9 Å². The summed E-state index contributed by atoms with van der Waals surface area (Å²) >= 11 is 1.62. The summed E-state index contributed by atoms with van der Waals surface area (Å²) < 4.78 is 0. The quantitative estimate of drug-likeness (QED) is 0.501. The van der Waals surface area contributed by atoms with Crippen LogP contribution in [0.1, 0.15) is 0 Å². The molecule has 13 heavy (non-hydrogen) atoms. The number of rotatable bonds is 1. The molecule has 3 heteroatoms. The number of benzene rings is 1. The van der Waals surface area contributed by atoms with E-state index in [1.54, 1.807) is 17.8 Å². The van der Waals surface area contributed by atoms with Crippen LogP contribution in [0, 0.1) is 0 Å². The van der Waals surface area contributed by atoms with Gasteiger partial charge in [-0.25, -0.2) is 0 Å². The Morgan fingerprint density at radius 2 is 2.15 bits per heavy atom. The number of allylic oxidation sites excluding steroid dienone is 1. The van der Waals surface area contributed by atoms with Gasteiger partial charge in [-0.2, -0.15) is 0 Å². The van der Waals surface area contributed by atoms with Gasteiger partial charge in [-0.05, 0) is 12.1 Å². The largest absolute Gasteiger partial charge is 0.338 e. The lowest BCUT2D eigenvalue weighted by Crippen LogP contribution is -2.09. The van der Waals surface area contributed by atoms with Crippen LogP contribution in [-0.2, 0) is 4.79 Å². The zero-order chi connectivity index (χ0) is 9.26. The number of carbonyl (C=O) groups is 1. The summed E-state index contributed by atoms with van der Waals surface area (Å²) in [6.07, 6.45) is 2.41. The Labute approximate surface area is 81.2 Å². The minimum absolute atomic E-state index is 0.824. The molecule has 0 fully saturated rings. The number of anilines is 1. The van der Waals surface area contributed by atoms with Gasteiger partial charge in [0.05, 0.1) is 10.7 Å². The van der Waals surface area contributed by atoms with Crippen molar-refractivity contribution in [2.45, 2.75) is 4.90 Å². The van der Waals surface area contributed by atoms with Crippen molar-refractivity contribution in [3.05, 3.63) is 35.4 Å². The van der Waals surface area contributed by atoms with Crippen molar-refractivity contribution in [1.82, 2.24) is 0 Å². The van der Waals surface area contributed by atoms with Crippen molar-refractivity contribution in [1.29, 1.82) is 0 Å². The minimum Gasteiger partial charge on any atom is -0.338 e. The molecule has 1 aliphatic rings. The van der Waals surface area contributed by atoms with Crippen molar-refractivity contribution in [2.75, 3.05) is 11.9 Å². The van der Waals surface area contributed by atoms with E-state index < -0.39 is 0 Å². The molecule has 1 aliphatic heterocycles. The standard InChI is InChI=1S/C10H9NOS/c1-11-8-4-2-3-5-9(8)13-10(11)6-7-12/h2-7H,1H3/b10-6-. The van der Waals surface area contributed by atoms with Crippen LogP contribution < -0.4 is 4.90 Å². The van der Waals surface area contributed by atoms with Crippen molar-refractivity contribution < 1.29 is 4.79 Å². The van der Waals surface area contributed by atoms with Gasteiger partial charge in [0.25, 0.3) is 0 Å². The number of thioether (sulfide) groups is 1. The van der Waals surface area contributed by atoms with Gasteiger partial charge < -0.3 is 4.90 Å². The number of fused-ring (bicyclic) bond motifs is 1. The highest BCUT2D eigenvalue weighted by molar-refractivity contribution is 8.03. The average Bonchev–Trinajstić information content (AvgIpc) is 2.46. The maximum Gasteiger partial charge on any atom is 0.145 e. The molecule has 0 saturated carbocycles. The average molecular weight is 191 g/mol. The molecule has 2 nitrogen and oxygen atoms in total. The third-order valence-corrected chi connectivity index (χ3v) is 3.17. The fourth-order valence-corrected chi connectivity index (χ4v) is 2.36. The summed E-state index contributed by atoms with van der Waals surface area (Å²) in [6.45, 7) is 0. The molecule has 1 aromatic carbocycles. The summed E-state index contributed by atoms with van der Waals surface area (Å²) in [5, 5.41) is 0.983. The zero-order valence-electron chi connectivity index (χ0n) is 7.23. The van der Waals surface area contributed by atoms with E-state index in [1.807, 2.05) is 30.1 Å². The smallest absolute Gasteiger partial charge is 0.145 e. The van der Waals surface area contributed by atoms with Crippen LogP contribution in [0.15, 0.2) is 40.3 Å². The normalized spacial score (nSPS) is 17.6. The molecule has 0 spiro atoms. The molecule has 0 bridgehead atoms. The van der Waals surface area contributed by atoms with Gasteiger partial charge in [0.1, 0.15) is 6.29 Å². The first kappa shape index (κ1) is 8.38. The highest BCUT2D eigenvalue weighted by Crippen LogP contribution is 2.44. The van der Waals surface area contributed by atoms with Gasteiger partial charge in [0.2, 0.25) is 0 Å². The van der Waals surface area contributed by atoms with E-state index >= 15 is 0 Å². The molecule has 0 saturated heterocycles. The van der Waals surface area contributed by atoms with Crippen LogP contribution in [0.4, 0.5) is 5.69 Å². The minimum atomic E-state index is 0.824. The lowest BCUT2D eigenvalue weighted by atomic mass is 10.3. The molecule has 0 amide bonds. The molecule has 0 aromatic heterocycles. The first-order chi connectivity index (χ1) is 6.33. The van der Waals surface area contributed by atoms with Crippen LogP contribution >= 0.6 is 11.8 Å². The number of aldehydes is 1. The maximum atomic E-state index is 10.3. The third-order valence-electron chi connectivity index (χ3n) is 1.98. The second kappa shape index (κ2) is 3.26. The Bertz CT molecular complexity index is 373. The van der Waals surface area contributed by atoms with E-state index in [9.17, 15) is 4.79 Å². The Morgan fingerprint density at radius 3 is 2.85 bits per heavy atom. The molecular weight excluding hydrogens is 182 g/mol. The predicted molar refractivity (Wildman–Crippen MR) is 54.8 cm³/mol. The van der Waals surface area contributed by atoms with E-state index in [4.69, 9.17) is 0 Å². The third kappa shape index (κ3) is 1.35. The van der Waals surface area contributed by atoms with Crippen LogP contribution in [0.25, 0.3) is 0 Å². The maximum absolute atomic E-state index is 10.3. The SMILES string of the molecule is CN1/C(=C/C=O)Sc2ccccc21. The molecule has 0 atom stereocenters. The first-order valence-corrected chi connectivity index (χ1v) is 4.80. The van der Waals surface area contributed by atoms with Crippen molar-refractivity contribution >= 4 is 23.7 Å². The van der Waals surface area contributed by atoms with Gasteiger partial charge >= 0.3 is 0 Å². The van der Waals surface area contributed by atoms with Crippen molar-refractivity contribution in [3.8, 4) is 0 Å². The van der Waals surface area contributed by atoms with Crippen molar-refractivity contribution in [2.24, 2.45) is 0 Å². The highest BCUT2D eigenvalue weighted by atomic mass is 32.2. The molecule has 1 aromatic rings. The number of para-hydroxylation sites is 1. The second-order valence-electron chi connectivity index (χ2n) is 2.77. The molecule has 2 rings (SSSR count). The van der Waals surface area contributed by atoms with Gasteiger partial charge in [0.15, 0.2) is 0 Å². The zero-order valence-corrected chi connectivity index (χ0v) is 8.04. The molecule has 0 unspecified atom stereocenters. The Hall–Kier alpha value is -1.22. The summed E-state index contributed by atoms with van der Waals surface area (Å²) in [7, 11) is 1.97. The van der Waals surface area contributed by atoms with Crippen LogP contribution in [0.2, 0.25) is 0 Å². The van der Waals surface area contributed by atoms with Gasteiger partial charge in [-0.3, -0.25) is 4.79 Å². The molecule has 0 aliphatic carbocycles. The van der Waals surface area contributed by atoms with Gasteiger partial charge in [-0.15, -0.1) is 0 Å². The lowest BCUT2D eigenvalue weighted by Gasteiger charge is -2.11. The molecule has 66 valence electrons. The first-order valence-electron chi connectivity index (χ1n) is 3.99. The summed E-state index contributed by atoms with van der Waals surface area (Å²) in [5.74, 6) is 0. The number of hydrogen-bond donors (Lipinski definition) is 0. The van der Waals surface area contributed by atoms with E-state index in [2.05, 4.69) is 6.07 Å². The fraction of sp³-hybridized carbons (Fsp3) is 0.100. The molecule has 0 N–H and O–H groups in total. The van der Waals surface area contributed by atoms with Crippen LogP contribution in [-0.4, -0.2) is 13.3 Å². The number of hydrogen-bond acceptors (Lipinski definition) is 3. The fourth-order valence-electron chi connectivity index (χ4n) is 1.32.